The Hall–Kier alpha value is -1.97. The van der Waals surface area contributed by atoms with Crippen LogP contribution in [0.1, 0.15) is 6.92 Å². The lowest BCUT2D eigenvalue weighted by atomic mass is 10.2. The number of hydrogen-bond acceptors (Lipinski definition) is 3. The van der Waals surface area contributed by atoms with Gasteiger partial charge in [0.05, 0.1) is 5.52 Å². The van der Waals surface area contributed by atoms with Gasteiger partial charge in [-0.05, 0) is 18.2 Å². The molecule has 0 aliphatic carbocycles. The maximum Gasteiger partial charge on any atom is 0.308 e. The molecule has 0 radical (unpaired) electrons. The second-order valence-electron chi connectivity index (χ2n) is 3.37. The van der Waals surface area contributed by atoms with Gasteiger partial charge in [0.25, 0.3) is 0 Å². The van der Waals surface area contributed by atoms with Crippen molar-refractivity contribution in [3.8, 4) is 11.5 Å². The molecule has 1 aromatic heterocycles. The third-order valence-corrected chi connectivity index (χ3v) is 2.26. The molecule has 0 spiro atoms. The molecule has 0 fully saturated rings. The number of aromatic nitrogens is 1. The number of ether oxygens (including phenoxy) is 1. The number of phenolic OH excluding ortho intramolecular Hbond substituents is 1. The molecule has 0 saturated heterocycles. The van der Waals surface area contributed by atoms with Gasteiger partial charge in [-0.15, -0.1) is 0 Å². The molecule has 0 unspecified atom stereocenters. The van der Waals surface area contributed by atoms with E-state index in [1.54, 1.807) is 18.2 Å². The van der Waals surface area contributed by atoms with E-state index in [9.17, 15) is 9.90 Å². The fraction of sp³-hybridized carbons (Fsp3) is 0.182. The summed E-state index contributed by atoms with van der Waals surface area (Å²) in [4.78, 5) is 10.8. The molecule has 1 heterocycles. The zero-order chi connectivity index (χ0) is 11.0. The monoisotopic (exact) mass is 205 g/mol. The number of phenols is 1. The smallest absolute Gasteiger partial charge is 0.308 e. The highest BCUT2D eigenvalue weighted by molar-refractivity contribution is 5.89. The summed E-state index contributed by atoms with van der Waals surface area (Å²) in [6.45, 7) is 1.30. The second-order valence-corrected chi connectivity index (χ2v) is 3.37. The van der Waals surface area contributed by atoms with Crippen LogP contribution in [0.25, 0.3) is 10.9 Å². The molecule has 0 amide bonds. The van der Waals surface area contributed by atoms with Gasteiger partial charge in [0, 0.05) is 25.6 Å². The van der Waals surface area contributed by atoms with E-state index in [0.29, 0.717) is 5.39 Å². The normalized spacial score (nSPS) is 10.5. The minimum atomic E-state index is -0.444. The summed E-state index contributed by atoms with van der Waals surface area (Å²) in [6, 6.07) is 5.16. The van der Waals surface area contributed by atoms with Crippen LogP contribution in [0.4, 0.5) is 0 Å². The summed E-state index contributed by atoms with van der Waals surface area (Å²) in [7, 11) is 1.88. The first-order valence-electron chi connectivity index (χ1n) is 4.55. The number of aromatic hydroxyl groups is 1. The van der Waals surface area contributed by atoms with Crippen molar-refractivity contribution in [2.24, 2.45) is 7.05 Å². The minimum Gasteiger partial charge on any atom is -0.504 e. The lowest BCUT2D eigenvalue weighted by molar-refractivity contribution is -0.132. The Labute approximate surface area is 86.7 Å². The van der Waals surface area contributed by atoms with Crippen LogP contribution in [0.5, 0.6) is 11.5 Å². The number of esters is 1. The van der Waals surface area contributed by atoms with E-state index < -0.39 is 5.97 Å². The van der Waals surface area contributed by atoms with Crippen molar-refractivity contribution in [1.82, 2.24) is 4.57 Å². The molecular formula is C11H11NO3. The quantitative estimate of drug-likeness (QED) is 0.570. The summed E-state index contributed by atoms with van der Waals surface area (Å²) in [6.07, 6.45) is 1.84. The number of rotatable bonds is 1. The van der Waals surface area contributed by atoms with Gasteiger partial charge in [0.15, 0.2) is 11.5 Å². The van der Waals surface area contributed by atoms with Gasteiger partial charge in [0.1, 0.15) is 0 Å². The van der Waals surface area contributed by atoms with Crippen molar-refractivity contribution in [2.45, 2.75) is 6.92 Å². The predicted molar refractivity (Wildman–Crippen MR) is 55.9 cm³/mol. The Balaban J connectivity index is 2.60. The molecule has 78 valence electrons. The highest BCUT2D eigenvalue weighted by atomic mass is 16.5. The summed E-state index contributed by atoms with van der Waals surface area (Å²) in [5.41, 5.74) is 0.892. The molecule has 15 heavy (non-hydrogen) atoms. The van der Waals surface area contributed by atoms with Gasteiger partial charge in [0.2, 0.25) is 0 Å². The summed E-state index contributed by atoms with van der Waals surface area (Å²) in [5, 5.41) is 10.5. The highest BCUT2D eigenvalue weighted by Crippen LogP contribution is 2.34. The number of aryl methyl sites for hydroxylation is 1. The number of carbonyl (C=O) groups is 1. The lowest BCUT2D eigenvalue weighted by Crippen LogP contribution is -2.01. The average Bonchev–Trinajstić information content (AvgIpc) is 2.53. The van der Waals surface area contributed by atoms with Crippen LogP contribution in [0.2, 0.25) is 0 Å². The van der Waals surface area contributed by atoms with Crippen LogP contribution in [0, 0.1) is 0 Å². The van der Waals surface area contributed by atoms with Crippen molar-refractivity contribution in [3.63, 3.8) is 0 Å². The number of hydrogen-bond donors (Lipinski definition) is 1. The van der Waals surface area contributed by atoms with E-state index in [0.717, 1.165) is 5.52 Å². The maximum atomic E-state index is 10.8. The Bertz CT molecular complexity index is 528. The highest BCUT2D eigenvalue weighted by Gasteiger charge is 2.10. The molecule has 2 aromatic rings. The topological polar surface area (TPSA) is 51.5 Å². The van der Waals surface area contributed by atoms with Gasteiger partial charge >= 0.3 is 5.97 Å². The molecule has 4 heteroatoms. The third kappa shape index (κ3) is 1.54. The number of nitrogens with zero attached hydrogens (tertiary/aromatic N) is 1. The predicted octanol–water partition coefficient (Wildman–Crippen LogP) is 1.81. The zero-order valence-electron chi connectivity index (χ0n) is 8.52. The van der Waals surface area contributed by atoms with E-state index in [1.807, 2.05) is 17.8 Å². The molecule has 4 nitrogen and oxygen atoms in total. The Morgan fingerprint density at radius 3 is 2.80 bits per heavy atom. The van der Waals surface area contributed by atoms with E-state index in [2.05, 4.69) is 0 Å². The summed E-state index contributed by atoms with van der Waals surface area (Å²) >= 11 is 0. The molecule has 0 saturated carbocycles. The van der Waals surface area contributed by atoms with E-state index >= 15 is 0 Å². The first-order chi connectivity index (χ1) is 7.09. The molecule has 0 aliphatic rings. The van der Waals surface area contributed by atoms with Gasteiger partial charge in [-0.1, -0.05) is 0 Å². The van der Waals surface area contributed by atoms with Crippen molar-refractivity contribution in [2.75, 3.05) is 0 Å². The molecule has 2 rings (SSSR count). The van der Waals surface area contributed by atoms with E-state index in [-0.39, 0.29) is 11.5 Å². The molecule has 0 bridgehead atoms. The van der Waals surface area contributed by atoms with Crippen molar-refractivity contribution in [3.05, 3.63) is 24.4 Å². The van der Waals surface area contributed by atoms with Gasteiger partial charge in [-0.3, -0.25) is 4.79 Å². The molecular weight excluding hydrogens is 194 g/mol. The molecule has 0 aliphatic heterocycles. The lowest BCUT2D eigenvalue weighted by Gasteiger charge is -2.05. The van der Waals surface area contributed by atoms with E-state index in [4.69, 9.17) is 4.74 Å². The van der Waals surface area contributed by atoms with Crippen LogP contribution < -0.4 is 4.74 Å². The fourth-order valence-electron chi connectivity index (χ4n) is 1.55. The molecule has 1 aromatic carbocycles. The van der Waals surface area contributed by atoms with Crippen molar-refractivity contribution < 1.29 is 14.6 Å². The van der Waals surface area contributed by atoms with Crippen LogP contribution in [0.3, 0.4) is 0 Å². The van der Waals surface area contributed by atoms with Crippen molar-refractivity contribution in [1.29, 1.82) is 0 Å². The van der Waals surface area contributed by atoms with E-state index in [1.165, 1.54) is 6.92 Å². The van der Waals surface area contributed by atoms with Crippen LogP contribution >= 0.6 is 0 Å². The standard InChI is InChI=1S/C11H11NO3/c1-7(13)15-10-4-3-9-8(11(10)14)5-6-12(9)2/h3-6,14H,1-2H3. The van der Waals surface area contributed by atoms with Crippen LogP contribution in [-0.4, -0.2) is 15.6 Å². The van der Waals surface area contributed by atoms with Gasteiger partial charge in [-0.25, -0.2) is 0 Å². The number of fused-ring (bicyclic) bond motifs is 1. The summed E-state index contributed by atoms with van der Waals surface area (Å²) < 4.78 is 6.75. The minimum absolute atomic E-state index is 0.00306. The van der Waals surface area contributed by atoms with Crippen LogP contribution in [-0.2, 0) is 11.8 Å². The Morgan fingerprint density at radius 2 is 2.13 bits per heavy atom. The zero-order valence-corrected chi connectivity index (χ0v) is 8.52. The molecule has 1 N–H and O–H groups in total. The second kappa shape index (κ2) is 3.31. The maximum absolute atomic E-state index is 10.8. The summed E-state index contributed by atoms with van der Waals surface area (Å²) in [5.74, 6) is -0.245. The first kappa shape index (κ1) is 9.58. The van der Waals surface area contributed by atoms with Crippen molar-refractivity contribution >= 4 is 16.9 Å². The van der Waals surface area contributed by atoms with Gasteiger partial charge in [-0.2, -0.15) is 0 Å². The van der Waals surface area contributed by atoms with Crippen LogP contribution in [0.15, 0.2) is 24.4 Å². The largest absolute Gasteiger partial charge is 0.504 e. The third-order valence-electron chi connectivity index (χ3n) is 2.26. The fourth-order valence-corrected chi connectivity index (χ4v) is 1.55. The first-order valence-corrected chi connectivity index (χ1v) is 4.55. The Morgan fingerprint density at radius 1 is 1.40 bits per heavy atom. The number of carbonyl (C=O) groups excluding carboxylic acids is 1. The Kier molecular flexibility index (Phi) is 2.11. The number of benzene rings is 1. The average molecular weight is 205 g/mol. The van der Waals surface area contributed by atoms with Gasteiger partial charge < -0.3 is 14.4 Å². The SMILES string of the molecule is CC(=O)Oc1ccc2c(ccn2C)c1O. The molecule has 0 atom stereocenters.